The number of amides is 1. The average molecular weight is 383 g/mol. The summed E-state index contributed by atoms with van der Waals surface area (Å²) in [5.41, 5.74) is 0.419. The largest absolute Gasteiger partial charge is 0.325 e. The third kappa shape index (κ3) is 3.84. The fraction of sp³-hybridized carbons (Fsp3) is 0.235. The van der Waals surface area contributed by atoms with Gasteiger partial charge in [0.25, 0.3) is 0 Å². The van der Waals surface area contributed by atoms with Crippen LogP contribution in [-0.4, -0.2) is 31.2 Å². The summed E-state index contributed by atoms with van der Waals surface area (Å²) in [7, 11) is -3.79. The molecule has 0 spiro atoms. The minimum absolute atomic E-state index is 0.0957. The molecule has 3 rings (SSSR count). The monoisotopic (exact) mass is 382 g/mol. The van der Waals surface area contributed by atoms with E-state index < -0.39 is 27.8 Å². The normalized spacial score (nSPS) is 18.2. The Kier molecular flexibility index (Phi) is 5.08. The molecule has 0 aromatic heterocycles. The van der Waals surface area contributed by atoms with E-state index in [4.69, 9.17) is 11.6 Å². The van der Waals surface area contributed by atoms with Crippen molar-refractivity contribution < 1.29 is 17.6 Å². The number of anilines is 1. The van der Waals surface area contributed by atoms with Crippen LogP contribution in [-0.2, 0) is 14.8 Å². The topological polar surface area (TPSA) is 66.5 Å². The van der Waals surface area contributed by atoms with Crippen LogP contribution in [0.25, 0.3) is 0 Å². The average Bonchev–Trinajstić information content (AvgIpc) is 3.08. The fourth-order valence-electron chi connectivity index (χ4n) is 2.79. The summed E-state index contributed by atoms with van der Waals surface area (Å²) in [5, 5.41) is 3.08. The van der Waals surface area contributed by atoms with Gasteiger partial charge in [0.05, 0.1) is 4.90 Å². The third-order valence-electron chi connectivity index (χ3n) is 4.04. The second kappa shape index (κ2) is 7.11. The van der Waals surface area contributed by atoms with E-state index in [-0.39, 0.29) is 11.4 Å². The Morgan fingerprint density at radius 2 is 1.76 bits per heavy atom. The SMILES string of the molecule is O=C(Nc1ccc(F)cc1)[C@H]1CCCN1S(=O)(=O)c1ccc(Cl)cc1. The van der Waals surface area contributed by atoms with E-state index in [9.17, 15) is 17.6 Å². The number of rotatable bonds is 4. The van der Waals surface area contributed by atoms with Gasteiger partial charge >= 0.3 is 0 Å². The zero-order valence-corrected chi connectivity index (χ0v) is 14.7. The van der Waals surface area contributed by atoms with Gasteiger partial charge in [-0.2, -0.15) is 4.31 Å². The lowest BCUT2D eigenvalue weighted by molar-refractivity contribution is -0.119. The van der Waals surface area contributed by atoms with E-state index in [0.717, 1.165) is 0 Å². The highest BCUT2D eigenvalue weighted by Crippen LogP contribution is 2.27. The lowest BCUT2D eigenvalue weighted by atomic mass is 10.2. The van der Waals surface area contributed by atoms with Crippen molar-refractivity contribution in [1.82, 2.24) is 4.31 Å². The maximum Gasteiger partial charge on any atom is 0.243 e. The Morgan fingerprint density at radius 1 is 1.12 bits per heavy atom. The first-order chi connectivity index (χ1) is 11.9. The van der Waals surface area contributed by atoms with Crippen LogP contribution < -0.4 is 5.32 Å². The lowest BCUT2D eigenvalue weighted by Gasteiger charge is -2.23. The molecule has 1 heterocycles. The summed E-state index contributed by atoms with van der Waals surface area (Å²) < 4.78 is 39.8. The molecule has 25 heavy (non-hydrogen) atoms. The maximum atomic E-state index is 12.9. The maximum absolute atomic E-state index is 12.9. The second-order valence-corrected chi connectivity index (χ2v) is 8.05. The van der Waals surface area contributed by atoms with Crippen LogP contribution in [0.4, 0.5) is 10.1 Å². The van der Waals surface area contributed by atoms with E-state index in [0.29, 0.717) is 23.6 Å². The van der Waals surface area contributed by atoms with Crippen LogP contribution in [0.5, 0.6) is 0 Å². The van der Waals surface area contributed by atoms with Gasteiger partial charge < -0.3 is 5.32 Å². The zero-order valence-electron chi connectivity index (χ0n) is 13.2. The highest BCUT2D eigenvalue weighted by Gasteiger charge is 2.39. The molecule has 1 amide bonds. The molecule has 1 atom stereocenters. The molecule has 132 valence electrons. The van der Waals surface area contributed by atoms with Crippen molar-refractivity contribution in [3.8, 4) is 0 Å². The van der Waals surface area contributed by atoms with E-state index in [1.165, 1.54) is 52.8 Å². The van der Waals surface area contributed by atoms with Gasteiger partial charge in [-0.3, -0.25) is 4.79 Å². The van der Waals surface area contributed by atoms with Gasteiger partial charge in [0, 0.05) is 17.3 Å². The van der Waals surface area contributed by atoms with Gasteiger partial charge in [0.2, 0.25) is 15.9 Å². The molecule has 8 heteroatoms. The summed E-state index contributed by atoms with van der Waals surface area (Å²) in [6.45, 7) is 0.270. The minimum atomic E-state index is -3.79. The molecule has 5 nitrogen and oxygen atoms in total. The van der Waals surface area contributed by atoms with Gasteiger partial charge in [0.15, 0.2) is 0 Å². The highest BCUT2D eigenvalue weighted by molar-refractivity contribution is 7.89. The summed E-state index contributed by atoms with van der Waals surface area (Å²) >= 11 is 5.80. The van der Waals surface area contributed by atoms with Crippen molar-refractivity contribution in [3.05, 3.63) is 59.4 Å². The molecular formula is C17H16ClFN2O3S. The van der Waals surface area contributed by atoms with Gasteiger partial charge in [-0.05, 0) is 61.4 Å². The number of hydrogen-bond donors (Lipinski definition) is 1. The molecule has 1 saturated heterocycles. The van der Waals surface area contributed by atoms with Crippen LogP contribution >= 0.6 is 11.6 Å². The molecular weight excluding hydrogens is 367 g/mol. The Labute approximate surface area is 150 Å². The van der Waals surface area contributed by atoms with Crippen LogP contribution in [0.15, 0.2) is 53.4 Å². The Hall–Kier alpha value is -1.96. The zero-order chi connectivity index (χ0) is 18.0. The van der Waals surface area contributed by atoms with E-state index >= 15 is 0 Å². The standard InChI is InChI=1S/C17H16ClFN2O3S/c18-12-3-9-15(10-4-12)25(23,24)21-11-1-2-16(21)17(22)20-14-7-5-13(19)6-8-14/h3-10,16H,1-2,11H2,(H,20,22)/t16-/m1/s1. The second-order valence-electron chi connectivity index (χ2n) is 5.72. The number of hydrogen-bond acceptors (Lipinski definition) is 3. The molecule has 2 aromatic rings. The predicted molar refractivity (Wildman–Crippen MR) is 93.4 cm³/mol. The van der Waals surface area contributed by atoms with Crippen LogP contribution in [0.2, 0.25) is 5.02 Å². The Bertz CT molecular complexity index is 870. The van der Waals surface area contributed by atoms with Crippen molar-refractivity contribution in [3.63, 3.8) is 0 Å². The van der Waals surface area contributed by atoms with Gasteiger partial charge in [-0.1, -0.05) is 11.6 Å². The molecule has 1 N–H and O–H groups in total. The summed E-state index contributed by atoms with van der Waals surface area (Å²) in [6, 6.07) is 10.4. The summed E-state index contributed by atoms with van der Waals surface area (Å²) in [5.74, 6) is -0.840. The molecule has 1 aliphatic rings. The number of carbonyl (C=O) groups excluding carboxylic acids is 1. The highest BCUT2D eigenvalue weighted by atomic mass is 35.5. The first kappa shape index (κ1) is 17.8. The summed E-state index contributed by atoms with van der Waals surface area (Å²) in [4.78, 5) is 12.6. The Balaban J connectivity index is 1.80. The number of nitrogens with one attached hydrogen (secondary N) is 1. The smallest absolute Gasteiger partial charge is 0.243 e. The number of carbonyl (C=O) groups is 1. The molecule has 1 fully saturated rings. The molecule has 0 radical (unpaired) electrons. The van der Waals surface area contributed by atoms with E-state index in [2.05, 4.69) is 5.32 Å². The quantitative estimate of drug-likeness (QED) is 0.882. The molecule has 0 saturated carbocycles. The molecule has 2 aromatic carbocycles. The molecule has 1 aliphatic heterocycles. The number of benzene rings is 2. The van der Waals surface area contributed by atoms with E-state index in [1.807, 2.05) is 0 Å². The van der Waals surface area contributed by atoms with Crippen LogP contribution in [0, 0.1) is 5.82 Å². The van der Waals surface area contributed by atoms with Crippen molar-refractivity contribution in [2.24, 2.45) is 0 Å². The number of nitrogens with zero attached hydrogens (tertiary/aromatic N) is 1. The summed E-state index contributed by atoms with van der Waals surface area (Å²) in [6.07, 6.45) is 1.02. The van der Waals surface area contributed by atoms with Crippen LogP contribution in [0.3, 0.4) is 0 Å². The van der Waals surface area contributed by atoms with Gasteiger partial charge in [0.1, 0.15) is 11.9 Å². The van der Waals surface area contributed by atoms with Crippen molar-refractivity contribution in [2.45, 2.75) is 23.8 Å². The third-order valence-corrected chi connectivity index (χ3v) is 6.21. The minimum Gasteiger partial charge on any atom is -0.325 e. The first-order valence-electron chi connectivity index (χ1n) is 7.72. The van der Waals surface area contributed by atoms with Crippen molar-refractivity contribution in [1.29, 1.82) is 0 Å². The Morgan fingerprint density at radius 3 is 2.40 bits per heavy atom. The van der Waals surface area contributed by atoms with Crippen molar-refractivity contribution in [2.75, 3.05) is 11.9 Å². The first-order valence-corrected chi connectivity index (χ1v) is 9.53. The fourth-order valence-corrected chi connectivity index (χ4v) is 4.57. The van der Waals surface area contributed by atoms with Crippen molar-refractivity contribution >= 4 is 33.2 Å². The molecule has 0 unspecified atom stereocenters. The molecule has 0 aliphatic carbocycles. The van der Waals surface area contributed by atoms with Gasteiger partial charge in [-0.15, -0.1) is 0 Å². The van der Waals surface area contributed by atoms with Gasteiger partial charge in [-0.25, -0.2) is 12.8 Å². The van der Waals surface area contributed by atoms with Crippen LogP contribution in [0.1, 0.15) is 12.8 Å². The van der Waals surface area contributed by atoms with E-state index in [1.54, 1.807) is 0 Å². The number of halogens is 2. The predicted octanol–water partition coefficient (Wildman–Crippen LogP) is 3.27. The molecule has 0 bridgehead atoms. The number of sulfonamides is 1. The lowest BCUT2D eigenvalue weighted by Crippen LogP contribution is -2.43.